The van der Waals surface area contributed by atoms with Gasteiger partial charge in [0.2, 0.25) is 0 Å². The minimum atomic E-state index is -2.10. The summed E-state index contributed by atoms with van der Waals surface area (Å²) in [7, 11) is -4.46. The summed E-state index contributed by atoms with van der Waals surface area (Å²) in [5.74, 6) is -0.0172. The van der Waals surface area contributed by atoms with E-state index in [-0.39, 0.29) is 13.0 Å². The van der Waals surface area contributed by atoms with Gasteiger partial charge in [-0.1, -0.05) is 90.0 Å². The fraction of sp³-hybridized carbons (Fsp3) is 0.957. The highest BCUT2D eigenvalue weighted by molar-refractivity contribution is 6.87. The van der Waals surface area contributed by atoms with E-state index in [9.17, 15) is 5.26 Å². The highest BCUT2D eigenvalue weighted by atomic mass is 28.4. The van der Waals surface area contributed by atoms with Crippen LogP contribution in [0.2, 0.25) is 39.6 Å². The largest absolute Gasteiger partial charge is 0.453 e. The van der Waals surface area contributed by atoms with E-state index < -0.39 is 16.6 Å². The second kappa shape index (κ2) is 12.1. The van der Waals surface area contributed by atoms with Crippen molar-refractivity contribution in [1.82, 2.24) is 0 Å². The molecule has 29 heavy (non-hydrogen) atoms. The quantitative estimate of drug-likeness (QED) is 0.270. The lowest BCUT2D eigenvalue weighted by Crippen LogP contribution is -2.57. The van der Waals surface area contributed by atoms with E-state index in [1.54, 1.807) is 0 Å². The fourth-order valence-electron chi connectivity index (χ4n) is 5.94. The van der Waals surface area contributed by atoms with Crippen molar-refractivity contribution in [2.45, 2.75) is 136 Å². The molecule has 1 atom stereocenters. The molecule has 0 bridgehead atoms. The molecular weight excluding hydrogens is 389 g/mol. The zero-order chi connectivity index (χ0) is 23.2. The molecular formula is C23H50BNO2Si2. The van der Waals surface area contributed by atoms with Gasteiger partial charge in [-0.2, -0.15) is 5.26 Å². The van der Waals surface area contributed by atoms with Crippen molar-refractivity contribution in [3.8, 4) is 6.07 Å². The van der Waals surface area contributed by atoms with Gasteiger partial charge in [0.1, 0.15) is 0 Å². The number of hydrogen-bond acceptors (Lipinski definition) is 3. The van der Waals surface area contributed by atoms with E-state index in [0.29, 0.717) is 39.6 Å². The highest BCUT2D eigenvalue weighted by Crippen LogP contribution is 2.46. The number of nitriles is 1. The van der Waals surface area contributed by atoms with Gasteiger partial charge in [0.15, 0.2) is 16.6 Å². The summed E-state index contributed by atoms with van der Waals surface area (Å²) in [4.78, 5) is 0. The summed E-state index contributed by atoms with van der Waals surface area (Å²) >= 11 is 0. The minimum absolute atomic E-state index is 0.0172. The smallest absolute Gasteiger partial charge is 0.436 e. The van der Waals surface area contributed by atoms with Crippen LogP contribution in [-0.2, 0) is 8.69 Å². The standard InChI is InChI=1S/C23H50BNO2Si2/c1-14-23(16-25)15-24(26-28(17(2)3,18(4)5)19(6)7)27-29(20(8)9,21(10)11)22(12)13/h17-23H,14-15H2,1-13H3. The molecule has 1 unspecified atom stereocenters. The van der Waals surface area contributed by atoms with Gasteiger partial charge >= 0.3 is 7.12 Å². The summed E-state index contributed by atoms with van der Waals surface area (Å²) in [6, 6.07) is 2.50. The molecule has 0 spiro atoms. The summed E-state index contributed by atoms with van der Waals surface area (Å²) < 4.78 is 14.3. The van der Waals surface area contributed by atoms with Crippen molar-refractivity contribution in [3.05, 3.63) is 0 Å². The third kappa shape index (κ3) is 6.45. The average Bonchev–Trinajstić information content (AvgIpc) is 2.59. The van der Waals surface area contributed by atoms with Crippen molar-refractivity contribution in [3.63, 3.8) is 0 Å². The summed E-state index contributed by atoms with van der Waals surface area (Å²) in [5, 5.41) is 9.69. The van der Waals surface area contributed by atoms with E-state index in [1.165, 1.54) is 0 Å². The minimum Gasteiger partial charge on any atom is -0.453 e. The molecule has 0 fully saturated rings. The maximum Gasteiger partial charge on any atom is 0.436 e. The Kier molecular flexibility index (Phi) is 12.0. The maximum atomic E-state index is 9.69. The van der Waals surface area contributed by atoms with Crippen LogP contribution in [-0.4, -0.2) is 23.8 Å². The Morgan fingerprint density at radius 1 is 0.655 bits per heavy atom. The van der Waals surface area contributed by atoms with Crippen molar-refractivity contribution in [2.24, 2.45) is 5.92 Å². The van der Waals surface area contributed by atoms with E-state index in [4.69, 9.17) is 8.69 Å². The molecule has 0 aromatic carbocycles. The molecule has 0 heterocycles. The second-order valence-electron chi connectivity index (χ2n) is 10.8. The van der Waals surface area contributed by atoms with Gasteiger partial charge in [-0.05, 0) is 46.0 Å². The fourth-order valence-corrected chi connectivity index (χ4v) is 16.9. The predicted octanol–water partition coefficient (Wildman–Crippen LogP) is 8.41. The Bertz CT molecular complexity index is 438. The zero-order valence-corrected chi connectivity index (χ0v) is 23.8. The summed E-state index contributed by atoms with van der Waals surface area (Å²) in [5.41, 5.74) is 3.02. The lowest BCUT2D eigenvalue weighted by atomic mass is 9.78. The Balaban J connectivity index is 6.33. The molecule has 0 aliphatic heterocycles. The summed E-state index contributed by atoms with van der Waals surface area (Å²) in [6.07, 6.45) is 1.54. The van der Waals surface area contributed by atoms with Crippen LogP contribution < -0.4 is 0 Å². The Morgan fingerprint density at radius 2 is 0.931 bits per heavy atom. The Morgan fingerprint density at radius 3 is 1.10 bits per heavy atom. The third-order valence-corrected chi connectivity index (χ3v) is 19.4. The maximum absolute atomic E-state index is 9.69. The molecule has 0 saturated carbocycles. The molecule has 0 aliphatic rings. The monoisotopic (exact) mass is 439 g/mol. The van der Waals surface area contributed by atoms with Crippen LogP contribution in [0.4, 0.5) is 0 Å². The Labute approximate surface area is 185 Å². The molecule has 3 nitrogen and oxygen atoms in total. The molecule has 0 rings (SSSR count). The molecule has 0 aliphatic carbocycles. The normalized spacial score (nSPS) is 14.6. The van der Waals surface area contributed by atoms with Crippen molar-refractivity contribution in [1.29, 1.82) is 5.26 Å². The lowest BCUT2D eigenvalue weighted by Gasteiger charge is -2.49. The highest BCUT2D eigenvalue weighted by Gasteiger charge is 2.52. The van der Waals surface area contributed by atoms with Crippen LogP contribution in [0.3, 0.4) is 0 Å². The van der Waals surface area contributed by atoms with Gasteiger partial charge in [-0.15, -0.1) is 0 Å². The predicted molar refractivity (Wildman–Crippen MR) is 134 cm³/mol. The SMILES string of the molecule is CCC(C#N)CB(O[Si](C(C)C)(C(C)C)C(C)C)O[Si](C(C)C)(C(C)C)C(C)C. The molecule has 0 amide bonds. The van der Waals surface area contributed by atoms with Gasteiger partial charge in [-0.3, -0.25) is 0 Å². The van der Waals surface area contributed by atoms with E-state index in [1.807, 2.05) is 0 Å². The topological polar surface area (TPSA) is 42.2 Å². The van der Waals surface area contributed by atoms with Crippen LogP contribution >= 0.6 is 0 Å². The van der Waals surface area contributed by atoms with Crippen LogP contribution in [0, 0.1) is 17.2 Å². The second-order valence-corrected chi connectivity index (χ2v) is 21.6. The zero-order valence-electron chi connectivity index (χ0n) is 21.8. The Hall–Kier alpha value is -0.0913. The van der Waals surface area contributed by atoms with Crippen molar-refractivity contribution >= 4 is 23.8 Å². The third-order valence-electron chi connectivity index (χ3n) is 7.24. The first-order valence-electron chi connectivity index (χ1n) is 12.0. The number of hydrogen-bond donors (Lipinski definition) is 0. The number of rotatable bonds is 13. The van der Waals surface area contributed by atoms with Crippen LogP contribution in [0.5, 0.6) is 0 Å². The van der Waals surface area contributed by atoms with Gasteiger partial charge in [0.25, 0.3) is 0 Å². The molecule has 0 N–H and O–H groups in total. The van der Waals surface area contributed by atoms with Gasteiger partial charge in [0.05, 0.1) is 6.07 Å². The van der Waals surface area contributed by atoms with Crippen molar-refractivity contribution < 1.29 is 8.69 Å². The van der Waals surface area contributed by atoms with Crippen molar-refractivity contribution in [2.75, 3.05) is 0 Å². The summed E-state index contributed by atoms with van der Waals surface area (Å²) in [6.45, 7) is 30.0. The van der Waals surface area contributed by atoms with Crippen LogP contribution in [0.1, 0.15) is 96.4 Å². The molecule has 0 aromatic heterocycles. The van der Waals surface area contributed by atoms with Gasteiger partial charge < -0.3 is 8.69 Å². The number of nitrogens with zero attached hydrogens (tertiary/aromatic N) is 1. The molecule has 0 saturated heterocycles. The van der Waals surface area contributed by atoms with E-state index in [0.717, 1.165) is 6.42 Å². The van der Waals surface area contributed by atoms with Gasteiger partial charge in [-0.25, -0.2) is 0 Å². The first-order chi connectivity index (χ1) is 13.2. The molecule has 0 aromatic rings. The van der Waals surface area contributed by atoms with E-state index >= 15 is 0 Å². The average molecular weight is 440 g/mol. The van der Waals surface area contributed by atoms with E-state index in [2.05, 4.69) is 96.1 Å². The van der Waals surface area contributed by atoms with Crippen LogP contribution in [0.15, 0.2) is 0 Å². The van der Waals surface area contributed by atoms with Crippen LogP contribution in [0.25, 0.3) is 0 Å². The first-order valence-corrected chi connectivity index (χ1v) is 16.3. The molecule has 6 heteroatoms. The molecule has 170 valence electrons. The first kappa shape index (κ1) is 28.9. The molecule has 0 radical (unpaired) electrons. The lowest BCUT2D eigenvalue weighted by molar-refractivity contribution is 0.357. The van der Waals surface area contributed by atoms with Gasteiger partial charge in [0, 0.05) is 5.92 Å².